The quantitative estimate of drug-likeness (QED) is 0.920. The molecule has 0 saturated heterocycles. The van der Waals surface area contributed by atoms with Crippen LogP contribution < -0.4 is 10.1 Å². The molecule has 0 atom stereocenters. The van der Waals surface area contributed by atoms with Crippen molar-refractivity contribution in [3.63, 3.8) is 0 Å². The zero-order valence-electron chi connectivity index (χ0n) is 11.9. The molecule has 20 heavy (non-hydrogen) atoms. The van der Waals surface area contributed by atoms with E-state index >= 15 is 0 Å². The van der Waals surface area contributed by atoms with E-state index < -0.39 is 0 Å². The molecule has 1 N–H and O–H groups in total. The molecule has 2 aromatic rings. The van der Waals surface area contributed by atoms with Crippen molar-refractivity contribution in [2.75, 3.05) is 12.4 Å². The first-order chi connectivity index (χ1) is 9.85. The second kappa shape index (κ2) is 5.95. The van der Waals surface area contributed by atoms with E-state index in [0.29, 0.717) is 6.61 Å². The second-order valence-electron chi connectivity index (χ2n) is 5.23. The minimum absolute atomic E-state index is 0.565. The molecule has 0 unspecified atom stereocenters. The fourth-order valence-electron chi connectivity index (χ4n) is 2.62. The summed E-state index contributed by atoms with van der Waals surface area (Å²) in [5, 5.41) is 3.01. The summed E-state index contributed by atoms with van der Waals surface area (Å²) in [5.41, 5.74) is 4.03. The standard InChI is InChI=1S/C17H20N2O/c1-18-17-9-6-13(11-19-17)12-20-16-8-7-14-4-2-3-5-15(14)10-16/h6-11H,2-5,12H2,1H3,(H,18,19). The van der Waals surface area contributed by atoms with Gasteiger partial charge in [0.2, 0.25) is 0 Å². The number of nitrogens with one attached hydrogen (secondary N) is 1. The van der Waals surface area contributed by atoms with Crippen molar-refractivity contribution in [2.24, 2.45) is 0 Å². The smallest absolute Gasteiger partial charge is 0.125 e. The Morgan fingerprint density at radius 2 is 1.95 bits per heavy atom. The van der Waals surface area contributed by atoms with E-state index in [1.54, 1.807) is 0 Å². The molecule has 104 valence electrons. The summed E-state index contributed by atoms with van der Waals surface area (Å²) in [7, 11) is 1.87. The lowest BCUT2D eigenvalue weighted by atomic mass is 9.92. The lowest BCUT2D eigenvalue weighted by molar-refractivity contribution is 0.305. The van der Waals surface area contributed by atoms with E-state index in [-0.39, 0.29) is 0 Å². The summed E-state index contributed by atoms with van der Waals surface area (Å²) >= 11 is 0. The molecule has 0 aliphatic heterocycles. The number of hydrogen-bond acceptors (Lipinski definition) is 3. The number of hydrogen-bond donors (Lipinski definition) is 1. The van der Waals surface area contributed by atoms with Crippen molar-refractivity contribution in [3.05, 3.63) is 53.2 Å². The minimum atomic E-state index is 0.565. The van der Waals surface area contributed by atoms with Gasteiger partial charge in [-0.15, -0.1) is 0 Å². The minimum Gasteiger partial charge on any atom is -0.489 e. The maximum atomic E-state index is 5.87. The van der Waals surface area contributed by atoms with Crippen LogP contribution in [0.15, 0.2) is 36.5 Å². The molecule has 1 aromatic carbocycles. The molecule has 1 aliphatic rings. The van der Waals surface area contributed by atoms with E-state index in [0.717, 1.165) is 17.1 Å². The van der Waals surface area contributed by atoms with E-state index in [1.807, 2.05) is 25.4 Å². The lowest BCUT2D eigenvalue weighted by Gasteiger charge is -2.16. The fourth-order valence-corrected chi connectivity index (χ4v) is 2.62. The summed E-state index contributed by atoms with van der Waals surface area (Å²) in [4.78, 5) is 4.29. The number of benzene rings is 1. The molecular formula is C17H20N2O. The van der Waals surface area contributed by atoms with Gasteiger partial charge in [-0.3, -0.25) is 0 Å². The average Bonchev–Trinajstić information content (AvgIpc) is 2.53. The summed E-state index contributed by atoms with van der Waals surface area (Å²) in [6.07, 6.45) is 6.86. The molecule has 0 radical (unpaired) electrons. The number of ether oxygens (including phenoxy) is 1. The second-order valence-corrected chi connectivity index (χ2v) is 5.23. The van der Waals surface area contributed by atoms with Gasteiger partial charge in [0.1, 0.15) is 18.2 Å². The molecule has 1 aromatic heterocycles. The maximum Gasteiger partial charge on any atom is 0.125 e. The van der Waals surface area contributed by atoms with Crippen LogP contribution in [0, 0.1) is 0 Å². The number of aryl methyl sites for hydroxylation is 2. The van der Waals surface area contributed by atoms with E-state index in [1.165, 1.54) is 36.8 Å². The van der Waals surface area contributed by atoms with Crippen molar-refractivity contribution in [2.45, 2.75) is 32.3 Å². The van der Waals surface area contributed by atoms with Gasteiger partial charge in [-0.25, -0.2) is 4.98 Å². The summed E-state index contributed by atoms with van der Waals surface area (Å²) in [6, 6.07) is 10.5. The molecule has 0 fully saturated rings. The third-order valence-corrected chi connectivity index (χ3v) is 3.81. The van der Waals surface area contributed by atoms with Crippen LogP contribution >= 0.6 is 0 Å². The van der Waals surface area contributed by atoms with Crippen LogP contribution in [0.5, 0.6) is 5.75 Å². The van der Waals surface area contributed by atoms with Crippen molar-refractivity contribution in [1.82, 2.24) is 4.98 Å². The van der Waals surface area contributed by atoms with Crippen molar-refractivity contribution < 1.29 is 4.74 Å². The monoisotopic (exact) mass is 268 g/mol. The molecule has 1 aliphatic carbocycles. The number of pyridine rings is 1. The van der Waals surface area contributed by atoms with Crippen LogP contribution in [0.2, 0.25) is 0 Å². The Morgan fingerprint density at radius 3 is 2.70 bits per heavy atom. The van der Waals surface area contributed by atoms with Gasteiger partial charge in [0.25, 0.3) is 0 Å². The van der Waals surface area contributed by atoms with Gasteiger partial charge < -0.3 is 10.1 Å². The number of aromatic nitrogens is 1. The molecule has 0 bridgehead atoms. The highest BCUT2D eigenvalue weighted by atomic mass is 16.5. The Hall–Kier alpha value is -2.03. The van der Waals surface area contributed by atoms with Crippen LogP contribution in [0.3, 0.4) is 0 Å². The van der Waals surface area contributed by atoms with Gasteiger partial charge in [0, 0.05) is 18.8 Å². The summed E-state index contributed by atoms with van der Waals surface area (Å²) in [6.45, 7) is 0.565. The van der Waals surface area contributed by atoms with Gasteiger partial charge in [-0.1, -0.05) is 12.1 Å². The molecule has 3 rings (SSSR count). The Bertz CT molecular complexity index is 578. The highest BCUT2D eigenvalue weighted by Gasteiger charge is 2.09. The van der Waals surface area contributed by atoms with Crippen molar-refractivity contribution >= 4 is 5.82 Å². The van der Waals surface area contributed by atoms with Gasteiger partial charge in [-0.05, 0) is 55.0 Å². The molecular weight excluding hydrogens is 248 g/mol. The molecule has 0 spiro atoms. The van der Waals surface area contributed by atoms with E-state index in [4.69, 9.17) is 4.74 Å². The van der Waals surface area contributed by atoms with Gasteiger partial charge in [-0.2, -0.15) is 0 Å². The molecule has 0 saturated carbocycles. The Labute approximate surface area is 120 Å². The molecule has 1 heterocycles. The predicted octanol–water partition coefficient (Wildman–Crippen LogP) is 3.58. The topological polar surface area (TPSA) is 34.1 Å². The Morgan fingerprint density at radius 1 is 1.10 bits per heavy atom. The molecule has 3 nitrogen and oxygen atoms in total. The zero-order chi connectivity index (χ0) is 13.8. The van der Waals surface area contributed by atoms with Crippen LogP contribution in [-0.4, -0.2) is 12.0 Å². The van der Waals surface area contributed by atoms with Crippen molar-refractivity contribution in [1.29, 1.82) is 0 Å². The van der Waals surface area contributed by atoms with Crippen LogP contribution in [-0.2, 0) is 19.4 Å². The highest BCUT2D eigenvalue weighted by Crippen LogP contribution is 2.25. The van der Waals surface area contributed by atoms with Crippen LogP contribution in [0.25, 0.3) is 0 Å². The van der Waals surface area contributed by atoms with Crippen molar-refractivity contribution in [3.8, 4) is 5.75 Å². The Balaban J connectivity index is 1.65. The fraction of sp³-hybridized carbons (Fsp3) is 0.353. The first-order valence-electron chi connectivity index (χ1n) is 7.22. The summed E-state index contributed by atoms with van der Waals surface area (Å²) in [5.74, 6) is 1.84. The average molecular weight is 268 g/mol. The normalized spacial score (nSPS) is 13.7. The Kier molecular flexibility index (Phi) is 3.86. The first kappa shape index (κ1) is 13.0. The number of anilines is 1. The molecule has 3 heteroatoms. The largest absolute Gasteiger partial charge is 0.489 e. The number of nitrogens with zero attached hydrogens (tertiary/aromatic N) is 1. The predicted molar refractivity (Wildman–Crippen MR) is 81.2 cm³/mol. The maximum absolute atomic E-state index is 5.87. The number of fused-ring (bicyclic) bond motifs is 1. The third kappa shape index (κ3) is 2.93. The SMILES string of the molecule is CNc1ccc(COc2ccc3c(c2)CCCC3)cn1. The lowest BCUT2D eigenvalue weighted by Crippen LogP contribution is -2.03. The van der Waals surface area contributed by atoms with Gasteiger partial charge in [0.05, 0.1) is 0 Å². The summed E-state index contributed by atoms with van der Waals surface area (Å²) < 4.78 is 5.87. The zero-order valence-corrected chi connectivity index (χ0v) is 11.9. The van der Waals surface area contributed by atoms with Crippen LogP contribution in [0.4, 0.5) is 5.82 Å². The first-order valence-corrected chi connectivity index (χ1v) is 7.22. The highest BCUT2D eigenvalue weighted by molar-refractivity contribution is 5.37. The van der Waals surface area contributed by atoms with Crippen LogP contribution in [0.1, 0.15) is 29.5 Å². The van der Waals surface area contributed by atoms with Gasteiger partial charge >= 0.3 is 0 Å². The van der Waals surface area contributed by atoms with E-state index in [2.05, 4.69) is 28.5 Å². The number of rotatable bonds is 4. The third-order valence-electron chi connectivity index (χ3n) is 3.81. The molecule has 0 amide bonds. The van der Waals surface area contributed by atoms with Gasteiger partial charge in [0.15, 0.2) is 0 Å². The van der Waals surface area contributed by atoms with E-state index in [9.17, 15) is 0 Å².